The van der Waals surface area contributed by atoms with Crippen LogP contribution in [0.2, 0.25) is 5.02 Å². The molecule has 0 saturated heterocycles. The van der Waals surface area contributed by atoms with Crippen LogP contribution in [0.3, 0.4) is 0 Å². The van der Waals surface area contributed by atoms with Crippen LogP contribution in [0.25, 0.3) is 5.69 Å². The number of benzene rings is 2. The summed E-state index contributed by atoms with van der Waals surface area (Å²) in [4.78, 5) is 12.5. The maximum absolute atomic E-state index is 13.8. The summed E-state index contributed by atoms with van der Waals surface area (Å²) in [5.74, 6) is -5.19. The molecule has 0 aliphatic rings. The van der Waals surface area contributed by atoms with E-state index in [0.29, 0.717) is 5.69 Å². The van der Waals surface area contributed by atoms with Crippen molar-refractivity contribution in [2.75, 3.05) is 5.32 Å². The van der Waals surface area contributed by atoms with Crippen LogP contribution in [0, 0.1) is 31.3 Å². The lowest BCUT2D eigenvalue weighted by molar-refractivity contribution is 0.102. The summed E-state index contributed by atoms with van der Waals surface area (Å²) in [6.45, 7) is 3.83. The van der Waals surface area contributed by atoms with Gasteiger partial charge in [-0.3, -0.25) is 4.79 Å². The van der Waals surface area contributed by atoms with Crippen LogP contribution in [0.5, 0.6) is 0 Å². The third-order valence-corrected chi connectivity index (χ3v) is 4.34. The van der Waals surface area contributed by atoms with Crippen molar-refractivity contribution in [3.8, 4) is 5.69 Å². The fourth-order valence-corrected chi connectivity index (χ4v) is 2.92. The first kappa shape index (κ1) is 18.1. The minimum Gasteiger partial charge on any atom is -0.319 e. The van der Waals surface area contributed by atoms with Crippen molar-refractivity contribution in [3.05, 3.63) is 81.9 Å². The van der Waals surface area contributed by atoms with Crippen LogP contribution in [0.4, 0.5) is 18.9 Å². The Labute approximate surface area is 153 Å². The number of rotatable bonds is 3. The molecule has 0 aliphatic carbocycles. The van der Waals surface area contributed by atoms with Gasteiger partial charge in [0.2, 0.25) is 0 Å². The average molecular weight is 379 g/mol. The normalized spacial score (nSPS) is 10.8. The molecular weight excluding hydrogens is 365 g/mol. The molecule has 0 fully saturated rings. The Morgan fingerprint density at radius 1 is 0.962 bits per heavy atom. The lowest BCUT2D eigenvalue weighted by Crippen LogP contribution is -2.15. The molecule has 7 heteroatoms. The average Bonchev–Trinajstić information content (AvgIpc) is 2.94. The van der Waals surface area contributed by atoms with Crippen LogP contribution in [0.15, 0.2) is 42.5 Å². The molecule has 0 saturated carbocycles. The maximum atomic E-state index is 13.8. The highest BCUT2D eigenvalue weighted by Gasteiger charge is 2.18. The minimum atomic E-state index is -1.65. The van der Waals surface area contributed by atoms with Gasteiger partial charge < -0.3 is 9.88 Å². The van der Waals surface area contributed by atoms with E-state index >= 15 is 0 Å². The number of amides is 1. The second-order valence-corrected chi connectivity index (χ2v) is 6.20. The van der Waals surface area contributed by atoms with E-state index in [4.69, 9.17) is 11.6 Å². The number of nitrogens with zero attached hydrogens (tertiary/aromatic N) is 1. The lowest BCUT2D eigenvalue weighted by atomic mass is 10.1. The molecule has 0 atom stereocenters. The molecule has 1 N–H and O–H groups in total. The molecule has 3 aromatic rings. The molecular formula is C19H14ClF3N2O. The third-order valence-electron chi connectivity index (χ3n) is 4.01. The van der Waals surface area contributed by atoms with Crippen LogP contribution < -0.4 is 5.32 Å². The van der Waals surface area contributed by atoms with Crippen LogP contribution in [0.1, 0.15) is 21.7 Å². The molecule has 0 aliphatic heterocycles. The zero-order chi connectivity index (χ0) is 19.0. The van der Waals surface area contributed by atoms with Gasteiger partial charge in [-0.2, -0.15) is 0 Å². The van der Waals surface area contributed by atoms with Crippen molar-refractivity contribution in [2.45, 2.75) is 13.8 Å². The van der Waals surface area contributed by atoms with Gasteiger partial charge in [-0.1, -0.05) is 11.6 Å². The van der Waals surface area contributed by atoms with Gasteiger partial charge in [0, 0.05) is 17.1 Å². The second kappa shape index (κ2) is 6.88. The number of hydrogen-bond acceptors (Lipinski definition) is 1. The SMILES string of the molecule is Cc1ccc(C)n1-c1ccc(Cl)c(C(=O)Nc2ccc(F)c(F)c2F)c1. The number of nitrogens with one attached hydrogen (secondary N) is 1. The molecule has 3 rings (SSSR count). The van der Waals surface area contributed by atoms with Crippen molar-refractivity contribution >= 4 is 23.2 Å². The Bertz CT molecular complexity index is 995. The molecule has 26 heavy (non-hydrogen) atoms. The Balaban J connectivity index is 1.98. The minimum absolute atomic E-state index is 0.0841. The van der Waals surface area contributed by atoms with Crippen LogP contribution in [-0.4, -0.2) is 10.5 Å². The Kier molecular flexibility index (Phi) is 4.78. The molecule has 134 valence electrons. The van der Waals surface area contributed by atoms with Gasteiger partial charge in [-0.05, 0) is 56.3 Å². The maximum Gasteiger partial charge on any atom is 0.257 e. The Morgan fingerprint density at radius 3 is 2.27 bits per heavy atom. The fraction of sp³-hybridized carbons (Fsp3) is 0.105. The van der Waals surface area contributed by atoms with E-state index in [0.717, 1.165) is 23.5 Å². The van der Waals surface area contributed by atoms with Crippen LogP contribution in [-0.2, 0) is 0 Å². The molecule has 3 nitrogen and oxygen atoms in total. The van der Waals surface area contributed by atoms with Crippen LogP contribution >= 0.6 is 11.6 Å². The van der Waals surface area contributed by atoms with E-state index < -0.39 is 29.0 Å². The number of aromatic nitrogens is 1. The third kappa shape index (κ3) is 3.20. The summed E-state index contributed by atoms with van der Waals surface area (Å²) in [5.41, 5.74) is 2.24. The molecule has 1 aromatic heterocycles. The van der Waals surface area contributed by atoms with Crippen molar-refractivity contribution in [1.82, 2.24) is 4.57 Å². The van der Waals surface area contributed by atoms with Crippen molar-refractivity contribution in [3.63, 3.8) is 0 Å². The number of carbonyl (C=O) groups is 1. The first-order valence-corrected chi connectivity index (χ1v) is 8.07. The van der Waals surface area contributed by atoms with E-state index in [9.17, 15) is 18.0 Å². The van der Waals surface area contributed by atoms with Gasteiger partial charge >= 0.3 is 0 Å². The first-order chi connectivity index (χ1) is 12.3. The zero-order valence-corrected chi connectivity index (χ0v) is 14.7. The van der Waals surface area contributed by atoms with Gasteiger partial charge in [-0.15, -0.1) is 0 Å². The smallest absolute Gasteiger partial charge is 0.257 e. The van der Waals surface area contributed by atoms with E-state index in [1.54, 1.807) is 18.2 Å². The predicted molar refractivity (Wildman–Crippen MR) is 94.5 cm³/mol. The number of anilines is 1. The largest absolute Gasteiger partial charge is 0.319 e. The molecule has 1 amide bonds. The highest BCUT2D eigenvalue weighted by Crippen LogP contribution is 2.25. The highest BCUT2D eigenvalue weighted by atomic mass is 35.5. The number of aryl methyl sites for hydroxylation is 2. The standard InChI is InChI=1S/C19H14ClF3N2O/c1-10-3-4-11(2)25(10)12-5-6-14(20)13(9-12)19(26)24-16-8-7-15(21)17(22)18(16)23/h3-9H,1-2H3,(H,24,26). The molecule has 0 spiro atoms. The quantitative estimate of drug-likeness (QED) is 0.607. The molecule has 1 heterocycles. The Morgan fingerprint density at radius 2 is 1.62 bits per heavy atom. The number of halogens is 4. The van der Waals surface area contributed by atoms with Gasteiger partial charge in [0.1, 0.15) is 0 Å². The fourth-order valence-electron chi connectivity index (χ4n) is 2.71. The summed E-state index contributed by atoms with van der Waals surface area (Å²) in [6.07, 6.45) is 0. The van der Waals surface area contributed by atoms with Crippen molar-refractivity contribution in [2.24, 2.45) is 0 Å². The monoisotopic (exact) mass is 378 g/mol. The topological polar surface area (TPSA) is 34.0 Å². The van der Waals surface area contributed by atoms with Gasteiger partial charge in [0.25, 0.3) is 5.91 Å². The summed E-state index contributed by atoms with van der Waals surface area (Å²) < 4.78 is 42.1. The predicted octanol–water partition coefficient (Wildman–Crippen LogP) is 5.42. The van der Waals surface area contributed by atoms with Gasteiger partial charge in [0.15, 0.2) is 17.5 Å². The van der Waals surface area contributed by atoms with E-state index in [1.807, 2.05) is 30.5 Å². The van der Waals surface area contributed by atoms with Gasteiger partial charge in [0.05, 0.1) is 16.3 Å². The number of hydrogen-bond donors (Lipinski definition) is 1. The van der Waals surface area contributed by atoms with E-state index in [2.05, 4.69) is 5.32 Å². The van der Waals surface area contributed by atoms with Crippen molar-refractivity contribution < 1.29 is 18.0 Å². The Hall–Kier alpha value is -2.73. The molecule has 2 aromatic carbocycles. The molecule has 0 radical (unpaired) electrons. The molecule has 0 bridgehead atoms. The first-order valence-electron chi connectivity index (χ1n) is 7.69. The van der Waals surface area contributed by atoms with Gasteiger partial charge in [-0.25, -0.2) is 13.2 Å². The second-order valence-electron chi connectivity index (χ2n) is 5.79. The summed E-state index contributed by atoms with van der Waals surface area (Å²) in [6, 6.07) is 10.4. The zero-order valence-electron chi connectivity index (χ0n) is 13.9. The highest BCUT2D eigenvalue weighted by molar-refractivity contribution is 6.34. The summed E-state index contributed by atoms with van der Waals surface area (Å²) >= 11 is 6.10. The number of carbonyl (C=O) groups excluding carboxylic acids is 1. The van der Waals surface area contributed by atoms with Crippen molar-refractivity contribution in [1.29, 1.82) is 0 Å². The molecule has 0 unspecified atom stereocenters. The van der Waals surface area contributed by atoms with E-state index in [1.165, 1.54) is 0 Å². The summed E-state index contributed by atoms with van der Waals surface area (Å²) in [7, 11) is 0. The van der Waals surface area contributed by atoms with E-state index in [-0.39, 0.29) is 10.6 Å². The summed E-state index contributed by atoms with van der Waals surface area (Å²) in [5, 5.41) is 2.37. The lowest BCUT2D eigenvalue weighted by Gasteiger charge is -2.13.